The van der Waals surface area contributed by atoms with E-state index in [-0.39, 0.29) is 0 Å². The van der Waals surface area contributed by atoms with Gasteiger partial charge in [0.05, 0.1) is 0 Å². The zero-order chi connectivity index (χ0) is 7.78. The Morgan fingerprint density at radius 1 is 1.50 bits per heavy atom. The van der Waals surface area contributed by atoms with E-state index in [9.17, 15) is 0 Å². The second-order valence-corrected chi connectivity index (χ2v) is 4.18. The third kappa shape index (κ3) is 1.60. The summed E-state index contributed by atoms with van der Waals surface area (Å²) in [4.78, 5) is 0. The van der Waals surface area contributed by atoms with Crippen molar-refractivity contribution >= 4 is 0 Å². The molecule has 1 atom stereocenters. The second kappa shape index (κ2) is 2.39. The fraction of sp³-hybridized carbons (Fsp3) is 0.778. The summed E-state index contributed by atoms with van der Waals surface area (Å²) < 4.78 is 0. The molecule has 1 rings (SSSR count). The minimum absolute atomic E-state index is 0.341. The average Bonchev–Trinajstić information content (AvgIpc) is 2.11. The summed E-state index contributed by atoms with van der Waals surface area (Å²) in [6, 6.07) is 0.397. The Bertz CT molecular complexity index is 151. The van der Waals surface area contributed by atoms with E-state index in [2.05, 4.69) is 26.8 Å². The monoisotopic (exact) mass is 139 g/mol. The van der Waals surface area contributed by atoms with Crippen LogP contribution >= 0.6 is 0 Å². The molecule has 0 aliphatic heterocycles. The Labute approximate surface area is 63.3 Å². The van der Waals surface area contributed by atoms with Gasteiger partial charge in [-0.3, -0.25) is 0 Å². The molecule has 0 bridgehead atoms. The zero-order valence-corrected chi connectivity index (χ0v) is 7.15. The molecule has 1 aliphatic rings. The Kier molecular flexibility index (Phi) is 1.86. The number of rotatable bonds is 0. The number of hydrogen-bond acceptors (Lipinski definition) is 1. The second-order valence-electron chi connectivity index (χ2n) is 4.18. The zero-order valence-electron chi connectivity index (χ0n) is 7.15. The predicted octanol–water partition coefficient (Wildman–Crippen LogP) is 2.08. The molecule has 1 aliphatic carbocycles. The van der Waals surface area contributed by atoms with E-state index in [0.29, 0.717) is 11.5 Å². The topological polar surface area (TPSA) is 26.0 Å². The minimum Gasteiger partial charge on any atom is -0.327 e. The molecule has 0 spiro atoms. The molecule has 0 saturated carbocycles. The van der Waals surface area contributed by atoms with Gasteiger partial charge in [0, 0.05) is 6.04 Å². The molecule has 0 aromatic heterocycles. The first-order chi connectivity index (χ1) is 4.50. The summed E-state index contributed by atoms with van der Waals surface area (Å²) in [5.74, 6) is 0. The van der Waals surface area contributed by atoms with Crippen LogP contribution in [0.4, 0.5) is 0 Å². The lowest BCUT2D eigenvalue weighted by Gasteiger charge is -2.20. The van der Waals surface area contributed by atoms with E-state index in [1.165, 1.54) is 5.57 Å². The molecule has 2 N–H and O–H groups in total. The van der Waals surface area contributed by atoms with Crippen LogP contribution in [-0.2, 0) is 0 Å². The van der Waals surface area contributed by atoms with Crippen LogP contribution in [0.5, 0.6) is 0 Å². The maximum Gasteiger partial charge on any atom is 0.0111 e. The maximum atomic E-state index is 5.77. The van der Waals surface area contributed by atoms with Crippen molar-refractivity contribution in [2.75, 3.05) is 0 Å². The number of hydrogen-bond donors (Lipinski definition) is 1. The molecule has 1 heteroatoms. The van der Waals surface area contributed by atoms with Gasteiger partial charge in [-0.05, 0) is 18.3 Å². The summed E-state index contributed by atoms with van der Waals surface area (Å²) in [7, 11) is 0. The van der Waals surface area contributed by atoms with Gasteiger partial charge in [0.25, 0.3) is 0 Å². The summed E-state index contributed by atoms with van der Waals surface area (Å²) in [5.41, 5.74) is 7.64. The molecule has 0 heterocycles. The molecule has 0 radical (unpaired) electrons. The third-order valence-corrected chi connectivity index (χ3v) is 2.11. The summed E-state index contributed by atoms with van der Waals surface area (Å²) >= 11 is 0. The van der Waals surface area contributed by atoms with Gasteiger partial charge in [0.15, 0.2) is 0 Å². The Hall–Kier alpha value is -0.300. The minimum atomic E-state index is 0.341. The van der Waals surface area contributed by atoms with Gasteiger partial charge in [0.1, 0.15) is 0 Å². The Balaban J connectivity index is 2.60. The maximum absolute atomic E-state index is 5.77. The third-order valence-electron chi connectivity index (χ3n) is 2.11. The van der Waals surface area contributed by atoms with Gasteiger partial charge >= 0.3 is 0 Å². The van der Waals surface area contributed by atoms with Crippen LogP contribution < -0.4 is 5.73 Å². The highest BCUT2D eigenvalue weighted by atomic mass is 14.6. The lowest BCUT2D eigenvalue weighted by atomic mass is 9.86. The Morgan fingerprint density at radius 2 is 2.10 bits per heavy atom. The highest BCUT2D eigenvalue weighted by molar-refractivity contribution is 5.18. The van der Waals surface area contributed by atoms with Crippen molar-refractivity contribution in [3.8, 4) is 0 Å². The standard InChI is InChI=1S/C9H17N/c1-9(2,3)7-4-5-8(10)6-7/h4,8H,5-6,10H2,1-3H3. The van der Waals surface area contributed by atoms with Gasteiger partial charge in [-0.2, -0.15) is 0 Å². The molecule has 0 aromatic carbocycles. The van der Waals surface area contributed by atoms with Gasteiger partial charge in [-0.25, -0.2) is 0 Å². The van der Waals surface area contributed by atoms with E-state index in [4.69, 9.17) is 5.73 Å². The van der Waals surface area contributed by atoms with Crippen LogP contribution in [0.3, 0.4) is 0 Å². The van der Waals surface area contributed by atoms with Crippen LogP contribution in [0.25, 0.3) is 0 Å². The molecule has 58 valence electrons. The van der Waals surface area contributed by atoms with Crippen molar-refractivity contribution in [1.82, 2.24) is 0 Å². The van der Waals surface area contributed by atoms with E-state index in [1.54, 1.807) is 0 Å². The smallest absolute Gasteiger partial charge is 0.0111 e. The molecule has 1 nitrogen and oxygen atoms in total. The first-order valence-corrected chi connectivity index (χ1v) is 3.95. The highest BCUT2D eigenvalue weighted by Crippen LogP contribution is 2.33. The first-order valence-electron chi connectivity index (χ1n) is 3.95. The molecule has 10 heavy (non-hydrogen) atoms. The predicted molar refractivity (Wildman–Crippen MR) is 44.7 cm³/mol. The summed E-state index contributed by atoms with van der Waals surface area (Å²) in [6.07, 6.45) is 4.47. The average molecular weight is 139 g/mol. The fourth-order valence-electron chi connectivity index (χ4n) is 1.36. The SMILES string of the molecule is CC(C)(C)C1=CCC(N)C1. The van der Waals surface area contributed by atoms with E-state index >= 15 is 0 Å². The summed E-state index contributed by atoms with van der Waals surface area (Å²) in [6.45, 7) is 6.74. The van der Waals surface area contributed by atoms with E-state index < -0.39 is 0 Å². The normalized spacial score (nSPS) is 26.8. The van der Waals surface area contributed by atoms with Crippen molar-refractivity contribution < 1.29 is 0 Å². The van der Waals surface area contributed by atoms with Crippen molar-refractivity contribution in [3.05, 3.63) is 11.6 Å². The Morgan fingerprint density at radius 3 is 2.30 bits per heavy atom. The van der Waals surface area contributed by atoms with Crippen LogP contribution in [0.1, 0.15) is 33.6 Å². The molecule has 0 saturated heterocycles. The molecule has 0 aromatic rings. The molecule has 0 fully saturated rings. The van der Waals surface area contributed by atoms with E-state index in [1.807, 2.05) is 0 Å². The van der Waals surface area contributed by atoms with Crippen LogP contribution in [-0.4, -0.2) is 6.04 Å². The van der Waals surface area contributed by atoms with Crippen molar-refractivity contribution in [1.29, 1.82) is 0 Å². The van der Waals surface area contributed by atoms with E-state index in [0.717, 1.165) is 12.8 Å². The summed E-state index contributed by atoms with van der Waals surface area (Å²) in [5, 5.41) is 0. The van der Waals surface area contributed by atoms with Gasteiger partial charge in [-0.15, -0.1) is 0 Å². The quantitative estimate of drug-likeness (QED) is 0.511. The van der Waals surface area contributed by atoms with Crippen molar-refractivity contribution in [2.45, 2.75) is 39.7 Å². The number of nitrogens with two attached hydrogens (primary N) is 1. The van der Waals surface area contributed by atoms with Crippen LogP contribution in [0.15, 0.2) is 11.6 Å². The largest absolute Gasteiger partial charge is 0.327 e. The van der Waals surface area contributed by atoms with Gasteiger partial charge in [0.2, 0.25) is 0 Å². The first kappa shape index (κ1) is 7.80. The fourth-order valence-corrected chi connectivity index (χ4v) is 1.36. The highest BCUT2D eigenvalue weighted by Gasteiger charge is 2.22. The molecular formula is C9H17N. The van der Waals surface area contributed by atoms with Gasteiger partial charge < -0.3 is 5.73 Å². The molecule has 0 amide bonds. The lowest BCUT2D eigenvalue weighted by Crippen LogP contribution is -2.17. The lowest BCUT2D eigenvalue weighted by molar-refractivity contribution is 0.482. The molecular weight excluding hydrogens is 122 g/mol. The van der Waals surface area contributed by atoms with Crippen LogP contribution in [0.2, 0.25) is 0 Å². The van der Waals surface area contributed by atoms with Crippen LogP contribution in [0, 0.1) is 5.41 Å². The van der Waals surface area contributed by atoms with Crippen molar-refractivity contribution in [3.63, 3.8) is 0 Å². The van der Waals surface area contributed by atoms with Gasteiger partial charge in [-0.1, -0.05) is 32.4 Å². The molecule has 1 unspecified atom stereocenters. The van der Waals surface area contributed by atoms with Crippen molar-refractivity contribution in [2.24, 2.45) is 11.1 Å².